The van der Waals surface area contributed by atoms with Crippen molar-refractivity contribution < 1.29 is 19.1 Å². The Morgan fingerprint density at radius 2 is 1.71 bits per heavy atom. The highest BCUT2D eigenvalue weighted by Gasteiger charge is 2.20. The van der Waals surface area contributed by atoms with Crippen LogP contribution in [0.15, 0.2) is 42.5 Å². The highest BCUT2D eigenvalue weighted by atomic mass is 16.5. The molecule has 148 valence electrons. The predicted octanol–water partition coefficient (Wildman–Crippen LogP) is 4.28. The summed E-state index contributed by atoms with van der Waals surface area (Å²) in [6.07, 6.45) is 2.56. The van der Waals surface area contributed by atoms with Gasteiger partial charge in [-0.15, -0.1) is 0 Å². The number of carbonyl (C=O) groups is 2. The minimum absolute atomic E-state index is 0.148. The highest BCUT2D eigenvalue weighted by molar-refractivity contribution is 5.97. The van der Waals surface area contributed by atoms with Gasteiger partial charge in [0, 0.05) is 5.69 Å². The van der Waals surface area contributed by atoms with Crippen molar-refractivity contribution in [1.29, 1.82) is 0 Å². The molecule has 5 heteroatoms. The summed E-state index contributed by atoms with van der Waals surface area (Å²) >= 11 is 0. The van der Waals surface area contributed by atoms with Gasteiger partial charge in [0.05, 0.1) is 18.3 Å². The van der Waals surface area contributed by atoms with Crippen LogP contribution in [0.4, 0.5) is 5.69 Å². The fraction of sp³-hybridized carbons (Fsp3) is 0.391. The second-order valence-corrected chi connectivity index (χ2v) is 7.43. The van der Waals surface area contributed by atoms with Gasteiger partial charge in [0.2, 0.25) is 0 Å². The number of carbonyl (C=O) groups excluding carboxylic acids is 2. The van der Waals surface area contributed by atoms with Crippen LogP contribution in [0.5, 0.6) is 0 Å². The third-order valence-electron chi connectivity index (χ3n) is 4.79. The molecule has 0 aliphatic heterocycles. The first-order valence-electron chi connectivity index (χ1n) is 9.76. The van der Waals surface area contributed by atoms with E-state index in [9.17, 15) is 9.59 Å². The van der Waals surface area contributed by atoms with Crippen molar-refractivity contribution in [1.82, 2.24) is 0 Å². The Hall–Kier alpha value is -2.66. The van der Waals surface area contributed by atoms with Gasteiger partial charge >= 0.3 is 5.97 Å². The molecular formula is C23H27NO4. The van der Waals surface area contributed by atoms with E-state index in [4.69, 9.17) is 9.47 Å². The summed E-state index contributed by atoms with van der Waals surface area (Å²) < 4.78 is 10.9. The third-order valence-corrected chi connectivity index (χ3v) is 4.79. The number of rotatable bonds is 7. The first-order chi connectivity index (χ1) is 13.4. The number of nitrogens with one attached hydrogen (secondary N) is 1. The van der Waals surface area contributed by atoms with Gasteiger partial charge in [0.1, 0.15) is 0 Å². The molecule has 0 radical (unpaired) electrons. The van der Waals surface area contributed by atoms with E-state index in [1.54, 1.807) is 19.1 Å². The Kier molecular flexibility index (Phi) is 6.47. The van der Waals surface area contributed by atoms with Crippen LogP contribution in [-0.2, 0) is 33.7 Å². The first-order valence-corrected chi connectivity index (χ1v) is 9.76. The van der Waals surface area contributed by atoms with Gasteiger partial charge in [0.25, 0.3) is 5.91 Å². The molecule has 1 amide bonds. The fourth-order valence-electron chi connectivity index (χ4n) is 3.18. The molecular weight excluding hydrogens is 354 g/mol. The van der Waals surface area contributed by atoms with Crippen LogP contribution >= 0.6 is 0 Å². The predicted molar refractivity (Wildman–Crippen MR) is 108 cm³/mol. The number of ether oxygens (including phenoxy) is 2. The van der Waals surface area contributed by atoms with E-state index >= 15 is 0 Å². The normalized spacial score (nSPS) is 13.9. The van der Waals surface area contributed by atoms with E-state index in [0.29, 0.717) is 12.2 Å². The van der Waals surface area contributed by atoms with Crippen LogP contribution in [0.25, 0.3) is 0 Å². The van der Waals surface area contributed by atoms with Gasteiger partial charge in [-0.2, -0.15) is 0 Å². The second kappa shape index (κ2) is 9.02. The highest BCUT2D eigenvalue weighted by Crippen LogP contribution is 2.25. The number of hydrogen-bond donors (Lipinski definition) is 1. The van der Waals surface area contributed by atoms with Gasteiger partial charge in [-0.3, -0.25) is 4.79 Å². The quantitative estimate of drug-likeness (QED) is 0.727. The van der Waals surface area contributed by atoms with E-state index in [-0.39, 0.29) is 12.0 Å². The maximum Gasteiger partial charge on any atom is 0.338 e. The van der Waals surface area contributed by atoms with Gasteiger partial charge in [-0.05, 0) is 81.0 Å². The molecule has 0 aromatic heterocycles. The molecule has 1 atom stereocenters. The summed E-state index contributed by atoms with van der Waals surface area (Å²) in [5, 5.41) is 2.83. The molecule has 0 heterocycles. The molecule has 0 fully saturated rings. The molecule has 1 aliphatic carbocycles. The standard InChI is InChI=1S/C23H27NO4/c1-15(2)27-14-17-7-9-19(10-8-17)23(26)28-16(3)22(25)24-21-12-11-18-5-4-6-20(18)13-21/h7-13,15-16H,4-6,14H2,1-3H3,(H,24,25)/t16-/m1/s1. The lowest BCUT2D eigenvalue weighted by Gasteiger charge is -2.14. The largest absolute Gasteiger partial charge is 0.449 e. The molecule has 0 bridgehead atoms. The topological polar surface area (TPSA) is 64.6 Å². The van der Waals surface area contributed by atoms with Gasteiger partial charge < -0.3 is 14.8 Å². The number of hydrogen-bond acceptors (Lipinski definition) is 4. The Bertz CT molecular complexity index is 842. The Morgan fingerprint density at radius 1 is 1.00 bits per heavy atom. The average molecular weight is 381 g/mol. The van der Waals surface area contributed by atoms with Gasteiger partial charge in [-0.1, -0.05) is 18.2 Å². The molecule has 0 spiro atoms. The third kappa shape index (κ3) is 5.20. The lowest BCUT2D eigenvalue weighted by molar-refractivity contribution is -0.123. The minimum Gasteiger partial charge on any atom is -0.449 e. The Balaban J connectivity index is 1.53. The van der Waals surface area contributed by atoms with Crippen molar-refractivity contribution >= 4 is 17.6 Å². The molecule has 1 N–H and O–H groups in total. The zero-order valence-electron chi connectivity index (χ0n) is 16.7. The molecule has 1 aliphatic rings. The van der Waals surface area contributed by atoms with E-state index in [1.165, 1.54) is 11.1 Å². The molecule has 0 saturated heterocycles. The van der Waals surface area contributed by atoms with Crippen molar-refractivity contribution in [2.45, 2.75) is 58.8 Å². The minimum atomic E-state index is -0.885. The maximum atomic E-state index is 12.4. The SMILES string of the molecule is CC(C)OCc1ccc(C(=O)O[C@H](C)C(=O)Nc2ccc3c(c2)CCC3)cc1. The Labute approximate surface area is 166 Å². The number of anilines is 1. The summed E-state index contributed by atoms with van der Waals surface area (Å²) in [6.45, 7) is 6.01. The average Bonchev–Trinajstić information content (AvgIpc) is 3.14. The van der Waals surface area contributed by atoms with Crippen LogP contribution in [0.3, 0.4) is 0 Å². The molecule has 0 saturated carbocycles. The van der Waals surface area contributed by atoms with Crippen molar-refractivity contribution in [3.63, 3.8) is 0 Å². The number of benzene rings is 2. The van der Waals surface area contributed by atoms with Crippen LogP contribution in [0, 0.1) is 0 Å². The van der Waals surface area contributed by atoms with Crippen molar-refractivity contribution in [2.24, 2.45) is 0 Å². The van der Waals surface area contributed by atoms with Crippen molar-refractivity contribution in [2.75, 3.05) is 5.32 Å². The zero-order valence-corrected chi connectivity index (χ0v) is 16.7. The van der Waals surface area contributed by atoms with Crippen LogP contribution in [0.1, 0.15) is 54.2 Å². The molecule has 2 aromatic rings. The zero-order chi connectivity index (χ0) is 20.1. The number of fused-ring (bicyclic) bond motifs is 1. The molecule has 3 rings (SSSR count). The van der Waals surface area contributed by atoms with E-state index in [0.717, 1.165) is 30.5 Å². The van der Waals surface area contributed by atoms with Crippen LogP contribution in [-0.4, -0.2) is 24.1 Å². The fourth-order valence-corrected chi connectivity index (χ4v) is 3.18. The van der Waals surface area contributed by atoms with E-state index in [2.05, 4.69) is 11.4 Å². The van der Waals surface area contributed by atoms with E-state index in [1.807, 2.05) is 38.1 Å². The van der Waals surface area contributed by atoms with Crippen LogP contribution < -0.4 is 5.32 Å². The lowest BCUT2D eigenvalue weighted by atomic mass is 10.1. The molecule has 28 heavy (non-hydrogen) atoms. The van der Waals surface area contributed by atoms with Crippen molar-refractivity contribution in [3.8, 4) is 0 Å². The summed E-state index contributed by atoms with van der Waals surface area (Å²) in [7, 11) is 0. The Morgan fingerprint density at radius 3 is 2.43 bits per heavy atom. The smallest absolute Gasteiger partial charge is 0.338 e. The second-order valence-electron chi connectivity index (χ2n) is 7.43. The maximum absolute atomic E-state index is 12.4. The monoisotopic (exact) mass is 381 g/mol. The summed E-state index contributed by atoms with van der Waals surface area (Å²) in [4.78, 5) is 24.7. The van der Waals surface area contributed by atoms with E-state index < -0.39 is 12.1 Å². The number of aryl methyl sites for hydroxylation is 2. The summed E-state index contributed by atoms with van der Waals surface area (Å²) in [6, 6.07) is 13.0. The summed E-state index contributed by atoms with van der Waals surface area (Å²) in [5.41, 5.74) is 4.75. The molecule has 2 aromatic carbocycles. The lowest BCUT2D eigenvalue weighted by Crippen LogP contribution is -2.30. The van der Waals surface area contributed by atoms with Gasteiger partial charge in [0.15, 0.2) is 6.10 Å². The summed E-state index contributed by atoms with van der Waals surface area (Å²) in [5.74, 6) is -0.860. The van der Waals surface area contributed by atoms with Crippen molar-refractivity contribution in [3.05, 3.63) is 64.7 Å². The molecule has 5 nitrogen and oxygen atoms in total. The number of esters is 1. The van der Waals surface area contributed by atoms with Gasteiger partial charge in [-0.25, -0.2) is 4.79 Å². The van der Waals surface area contributed by atoms with Crippen LogP contribution in [0.2, 0.25) is 0 Å². The first kappa shape index (κ1) is 20.1. The number of amides is 1. The molecule has 0 unspecified atom stereocenters.